The molecule has 11 heteroatoms. The Labute approximate surface area is 204 Å². The molecule has 1 aliphatic heterocycles. The van der Waals surface area contributed by atoms with Crippen LogP contribution in [0.4, 0.5) is 18.9 Å². The highest BCUT2D eigenvalue weighted by Gasteiger charge is 2.43. The Morgan fingerprint density at radius 3 is 2.33 bits per heavy atom. The molecule has 0 spiro atoms. The van der Waals surface area contributed by atoms with E-state index in [9.17, 15) is 32.3 Å². The first-order valence-corrected chi connectivity index (χ1v) is 11.5. The van der Waals surface area contributed by atoms with Crippen molar-refractivity contribution in [2.75, 3.05) is 11.9 Å². The summed E-state index contributed by atoms with van der Waals surface area (Å²) in [7, 11) is 0. The lowest BCUT2D eigenvalue weighted by Crippen LogP contribution is -2.37. The van der Waals surface area contributed by atoms with Crippen LogP contribution in [0.15, 0.2) is 36.4 Å². The number of ketones is 2. The van der Waals surface area contributed by atoms with Crippen LogP contribution in [0.3, 0.4) is 0 Å². The summed E-state index contributed by atoms with van der Waals surface area (Å²) in [5, 5.41) is 5.99. The van der Waals surface area contributed by atoms with Gasteiger partial charge in [0.05, 0.1) is 11.1 Å². The average molecular weight is 504 g/mol. The number of halogens is 3. The molecule has 1 aliphatic carbocycles. The molecular formula is C25H23F3N2O6. The predicted octanol–water partition coefficient (Wildman–Crippen LogP) is 3.76. The van der Waals surface area contributed by atoms with Crippen LogP contribution in [0.5, 0.6) is 5.75 Å². The number of carbonyl (C=O) groups is 4. The van der Waals surface area contributed by atoms with Gasteiger partial charge in [0.25, 0.3) is 0 Å². The van der Waals surface area contributed by atoms with Crippen LogP contribution in [0.1, 0.15) is 64.4 Å². The maximum atomic E-state index is 13.4. The molecule has 0 saturated carbocycles. The van der Waals surface area contributed by atoms with Crippen molar-refractivity contribution >= 4 is 29.2 Å². The third-order valence-corrected chi connectivity index (χ3v) is 5.94. The van der Waals surface area contributed by atoms with Gasteiger partial charge in [0.15, 0.2) is 17.8 Å². The van der Waals surface area contributed by atoms with Crippen molar-refractivity contribution in [3.05, 3.63) is 58.7 Å². The van der Waals surface area contributed by atoms with E-state index in [1.807, 2.05) is 6.92 Å². The Morgan fingerprint density at radius 1 is 1.08 bits per heavy atom. The summed E-state index contributed by atoms with van der Waals surface area (Å²) in [6.45, 7) is 2.55. The summed E-state index contributed by atoms with van der Waals surface area (Å²) >= 11 is 0. The molecule has 0 amide bonds. The number of fused-ring (bicyclic) bond motifs is 2. The van der Waals surface area contributed by atoms with Gasteiger partial charge < -0.3 is 20.1 Å². The summed E-state index contributed by atoms with van der Waals surface area (Å²) in [5.41, 5.74) is -0.644. The molecule has 4 rings (SSSR count). The van der Waals surface area contributed by atoms with Gasteiger partial charge in [-0.1, -0.05) is 37.6 Å². The minimum atomic E-state index is -5.31. The Hall–Kier alpha value is -3.73. The van der Waals surface area contributed by atoms with E-state index in [1.165, 1.54) is 24.3 Å². The highest BCUT2D eigenvalue weighted by molar-refractivity contribution is 6.31. The molecule has 2 atom stereocenters. The summed E-state index contributed by atoms with van der Waals surface area (Å²) in [4.78, 5) is 50.8. The molecule has 2 N–H and O–H groups in total. The van der Waals surface area contributed by atoms with Crippen LogP contribution in [-0.2, 0) is 14.3 Å². The van der Waals surface area contributed by atoms with Gasteiger partial charge >= 0.3 is 18.1 Å². The highest BCUT2D eigenvalue weighted by Crippen LogP contribution is 2.38. The molecule has 8 nitrogen and oxygen atoms in total. The number of hydrogen-bond acceptors (Lipinski definition) is 8. The molecule has 1 heterocycles. The van der Waals surface area contributed by atoms with Gasteiger partial charge in [-0.25, -0.2) is 4.79 Å². The fourth-order valence-corrected chi connectivity index (χ4v) is 4.26. The molecule has 2 aromatic rings. The van der Waals surface area contributed by atoms with Gasteiger partial charge in [-0.3, -0.25) is 14.4 Å². The SMILES string of the molecule is CCCC(Nc1ccc(OC(=O)C(F)(F)F)c2c1C(=O)c1ccccc1C2=O)OC(=O)[C@@H]1CCCN1. The molecule has 0 bridgehead atoms. The summed E-state index contributed by atoms with van der Waals surface area (Å²) in [5.74, 6) is -5.10. The largest absolute Gasteiger partial charge is 0.491 e. The Morgan fingerprint density at radius 2 is 1.75 bits per heavy atom. The maximum absolute atomic E-state index is 13.4. The number of alkyl halides is 3. The normalized spacial score (nSPS) is 17.7. The van der Waals surface area contributed by atoms with E-state index in [0.29, 0.717) is 25.8 Å². The van der Waals surface area contributed by atoms with Crippen LogP contribution in [0.25, 0.3) is 0 Å². The van der Waals surface area contributed by atoms with E-state index in [4.69, 9.17) is 4.74 Å². The van der Waals surface area contributed by atoms with E-state index >= 15 is 0 Å². The molecule has 36 heavy (non-hydrogen) atoms. The zero-order valence-corrected chi connectivity index (χ0v) is 19.2. The van der Waals surface area contributed by atoms with E-state index < -0.39 is 53.3 Å². The van der Waals surface area contributed by atoms with Gasteiger partial charge in [0.2, 0.25) is 0 Å². The lowest BCUT2D eigenvalue weighted by molar-refractivity contribution is -0.189. The van der Waals surface area contributed by atoms with Gasteiger partial charge in [0, 0.05) is 23.2 Å². The number of esters is 2. The third-order valence-electron chi connectivity index (χ3n) is 5.94. The van der Waals surface area contributed by atoms with Crippen molar-refractivity contribution in [1.82, 2.24) is 5.32 Å². The topological polar surface area (TPSA) is 111 Å². The molecule has 1 unspecified atom stereocenters. The average Bonchev–Trinajstić information content (AvgIpc) is 3.38. The molecule has 1 saturated heterocycles. The summed E-state index contributed by atoms with van der Waals surface area (Å²) < 4.78 is 48.7. The van der Waals surface area contributed by atoms with Crippen molar-refractivity contribution in [2.45, 2.75) is 51.1 Å². The van der Waals surface area contributed by atoms with Crippen LogP contribution in [0.2, 0.25) is 0 Å². The number of ether oxygens (including phenoxy) is 2. The van der Waals surface area contributed by atoms with Gasteiger partial charge in [-0.05, 0) is 31.5 Å². The number of carbonyl (C=O) groups excluding carboxylic acids is 4. The van der Waals surface area contributed by atoms with Gasteiger partial charge in [-0.2, -0.15) is 13.2 Å². The second kappa shape index (κ2) is 10.1. The van der Waals surface area contributed by atoms with Crippen LogP contribution < -0.4 is 15.4 Å². The number of anilines is 1. The maximum Gasteiger partial charge on any atom is 0.491 e. The van der Waals surface area contributed by atoms with Crippen LogP contribution in [-0.4, -0.2) is 48.5 Å². The Bertz CT molecular complexity index is 1220. The lowest BCUT2D eigenvalue weighted by atomic mass is 9.82. The van der Waals surface area contributed by atoms with Crippen molar-refractivity contribution in [3.8, 4) is 5.75 Å². The predicted molar refractivity (Wildman–Crippen MR) is 121 cm³/mol. The van der Waals surface area contributed by atoms with E-state index in [1.54, 1.807) is 6.07 Å². The first kappa shape index (κ1) is 25.4. The summed E-state index contributed by atoms with van der Waals surface area (Å²) in [6, 6.07) is 7.61. The van der Waals surface area contributed by atoms with Crippen molar-refractivity contribution in [2.24, 2.45) is 0 Å². The van der Waals surface area contributed by atoms with Crippen LogP contribution in [0, 0.1) is 0 Å². The molecule has 0 aromatic heterocycles. The quantitative estimate of drug-likeness (QED) is 0.284. The monoisotopic (exact) mass is 504 g/mol. The zero-order chi connectivity index (χ0) is 26.0. The number of hydrogen-bond donors (Lipinski definition) is 2. The van der Waals surface area contributed by atoms with Crippen molar-refractivity contribution in [1.29, 1.82) is 0 Å². The molecule has 190 valence electrons. The molecule has 2 aliphatic rings. The van der Waals surface area contributed by atoms with Crippen molar-refractivity contribution in [3.63, 3.8) is 0 Å². The fraction of sp³-hybridized carbons (Fsp3) is 0.360. The first-order chi connectivity index (χ1) is 17.1. The number of benzene rings is 2. The van der Waals surface area contributed by atoms with E-state index in [0.717, 1.165) is 12.5 Å². The molecule has 2 aromatic carbocycles. The molecular weight excluding hydrogens is 481 g/mol. The second-order valence-electron chi connectivity index (χ2n) is 8.46. The molecule has 1 fully saturated rings. The fourth-order valence-electron chi connectivity index (χ4n) is 4.26. The lowest BCUT2D eigenvalue weighted by Gasteiger charge is -2.26. The standard InChI is InChI=1S/C25H23F3N2O6/c1-2-6-18(36-23(33)16-9-5-12-29-16)30-15-10-11-17(35-24(34)25(26,27)28)20-19(15)21(31)13-7-3-4-8-14(13)22(20)32/h3-4,7-8,10-11,16,18,29-30H,2,5-6,9,12H2,1H3/t16-,18?/m0/s1. The zero-order valence-electron chi connectivity index (χ0n) is 19.2. The number of nitrogens with one attached hydrogen (secondary N) is 2. The second-order valence-corrected chi connectivity index (χ2v) is 8.46. The minimum absolute atomic E-state index is 0.0275. The molecule has 0 radical (unpaired) electrons. The van der Waals surface area contributed by atoms with Gasteiger partial charge in [-0.15, -0.1) is 0 Å². The summed E-state index contributed by atoms with van der Waals surface area (Å²) in [6.07, 6.45) is -3.78. The van der Waals surface area contributed by atoms with E-state index in [2.05, 4.69) is 15.4 Å². The Kier molecular flexibility index (Phi) is 7.11. The third kappa shape index (κ3) is 4.97. The van der Waals surface area contributed by atoms with Crippen LogP contribution >= 0.6 is 0 Å². The minimum Gasteiger partial charge on any atom is -0.441 e. The van der Waals surface area contributed by atoms with Gasteiger partial charge in [0.1, 0.15) is 11.8 Å². The smallest absolute Gasteiger partial charge is 0.441 e. The highest BCUT2D eigenvalue weighted by atomic mass is 19.4. The Balaban J connectivity index is 1.74. The first-order valence-electron chi connectivity index (χ1n) is 11.5. The number of rotatable bonds is 7. The van der Waals surface area contributed by atoms with E-state index in [-0.39, 0.29) is 22.4 Å². The van der Waals surface area contributed by atoms with Crippen molar-refractivity contribution < 1.29 is 41.8 Å².